The van der Waals surface area contributed by atoms with Gasteiger partial charge in [0.05, 0.1) is 18.7 Å². The zero-order valence-corrected chi connectivity index (χ0v) is 9.04. The van der Waals surface area contributed by atoms with Crippen molar-refractivity contribution in [1.29, 1.82) is 0 Å². The minimum atomic E-state index is 0.0564. The summed E-state index contributed by atoms with van der Waals surface area (Å²) in [6.45, 7) is 0.578. The van der Waals surface area contributed by atoms with Gasteiger partial charge in [-0.1, -0.05) is 15.9 Å². The number of hydrogen-bond acceptors (Lipinski definition) is 2. The lowest BCUT2D eigenvalue weighted by Crippen LogP contribution is -2.13. The SMILES string of the molecule is O=C1CC(=Nc2ccc(Br)cc2)CN1. The van der Waals surface area contributed by atoms with Gasteiger partial charge in [0.2, 0.25) is 5.91 Å². The Kier molecular flexibility index (Phi) is 2.63. The molecule has 3 nitrogen and oxygen atoms in total. The number of halogens is 1. The quantitative estimate of drug-likeness (QED) is 0.817. The summed E-state index contributed by atoms with van der Waals surface area (Å²) in [5, 5.41) is 2.72. The average molecular weight is 253 g/mol. The Morgan fingerprint density at radius 2 is 2.00 bits per heavy atom. The van der Waals surface area contributed by atoms with Crippen molar-refractivity contribution in [2.75, 3.05) is 6.54 Å². The van der Waals surface area contributed by atoms with E-state index in [9.17, 15) is 4.79 Å². The van der Waals surface area contributed by atoms with E-state index < -0.39 is 0 Å². The van der Waals surface area contributed by atoms with E-state index in [0.29, 0.717) is 13.0 Å². The van der Waals surface area contributed by atoms with Crippen LogP contribution in [0.3, 0.4) is 0 Å². The lowest BCUT2D eigenvalue weighted by molar-refractivity contribution is -0.118. The maximum atomic E-state index is 10.9. The van der Waals surface area contributed by atoms with Gasteiger partial charge in [0, 0.05) is 10.2 Å². The lowest BCUT2D eigenvalue weighted by Gasteiger charge is -1.95. The van der Waals surface area contributed by atoms with Crippen LogP contribution in [0.25, 0.3) is 0 Å². The summed E-state index contributed by atoms with van der Waals surface area (Å²) in [4.78, 5) is 15.3. The van der Waals surface area contributed by atoms with Crippen molar-refractivity contribution in [3.63, 3.8) is 0 Å². The second-order valence-electron chi connectivity index (χ2n) is 3.11. The van der Waals surface area contributed by atoms with Gasteiger partial charge < -0.3 is 5.32 Å². The Bertz CT molecular complexity index is 384. The number of hydrogen-bond donors (Lipinski definition) is 1. The lowest BCUT2D eigenvalue weighted by atomic mass is 10.3. The Labute approximate surface area is 90.4 Å². The highest BCUT2D eigenvalue weighted by atomic mass is 79.9. The summed E-state index contributed by atoms with van der Waals surface area (Å²) < 4.78 is 1.03. The third-order valence-electron chi connectivity index (χ3n) is 1.97. The molecule has 0 radical (unpaired) electrons. The molecule has 0 aromatic heterocycles. The van der Waals surface area contributed by atoms with Crippen molar-refractivity contribution >= 4 is 33.2 Å². The molecule has 0 spiro atoms. The Morgan fingerprint density at radius 1 is 1.29 bits per heavy atom. The van der Waals surface area contributed by atoms with Crippen LogP contribution in [0.2, 0.25) is 0 Å². The first-order chi connectivity index (χ1) is 6.74. The molecule has 1 amide bonds. The second kappa shape index (κ2) is 3.92. The molecule has 1 saturated heterocycles. The van der Waals surface area contributed by atoms with Gasteiger partial charge >= 0.3 is 0 Å². The molecule has 4 heteroatoms. The number of carbonyl (C=O) groups is 1. The Hall–Kier alpha value is -1.16. The number of benzene rings is 1. The number of amides is 1. The van der Waals surface area contributed by atoms with Crippen LogP contribution in [-0.2, 0) is 4.79 Å². The minimum Gasteiger partial charge on any atom is -0.350 e. The van der Waals surface area contributed by atoms with E-state index in [0.717, 1.165) is 15.9 Å². The average Bonchev–Trinajstić information content (AvgIpc) is 2.56. The first-order valence-electron chi connectivity index (χ1n) is 4.33. The number of nitrogens with one attached hydrogen (secondary N) is 1. The maximum absolute atomic E-state index is 10.9. The molecule has 0 saturated carbocycles. The fourth-order valence-electron chi connectivity index (χ4n) is 1.29. The van der Waals surface area contributed by atoms with E-state index in [1.54, 1.807) is 0 Å². The van der Waals surface area contributed by atoms with Crippen LogP contribution in [0.4, 0.5) is 5.69 Å². The van der Waals surface area contributed by atoms with Crippen LogP contribution in [0.5, 0.6) is 0 Å². The molecule has 1 aliphatic heterocycles. The van der Waals surface area contributed by atoms with Gasteiger partial charge in [0.25, 0.3) is 0 Å². The summed E-state index contributed by atoms with van der Waals surface area (Å²) >= 11 is 3.35. The molecule has 1 aliphatic rings. The van der Waals surface area contributed by atoms with E-state index in [4.69, 9.17) is 0 Å². The second-order valence-corrected chi connectivity index (χ2v) is 4.02. The van der Waals surface area contributed by atoms with E-state index in [2.05, 4.69) is 26.2 Å². The predicted octanol–water partition coefficient (Wildman–Crippen LogP) is 2.04. The first kappa shape index (κ1) is 9.40. The van der Waals surface area contributed by atoms with Crippen LogP contribution < -0.4 is 5.32 Å². The van der Waals surface area contributed by atoms with Crippen LogP contribution in [0, 0.1) is 0 Å². The zero-order valence-electron chi connectivity index (χ0n) is 7.46. The van der Waals surface area contributed by atoms with Crippen molar-refractivity contribution in [3.8, 4) is 0 Å². The fourth-order valence-corrected chi connectivity index (χ4v) is 1.55. The van der Waals surface area contributed by atoms with Gasteiger partial charge in [-0.3, -0.25) is 9.79 Å². The van der Waals surface area contributed by atoms with Crippen molar-refractivity contribution in [3.05, 3.63) is 28.7 Å². The van der Waals surface area contributed by atoms with E-state index in [-0.39, 0.29) is 5.91 Å². The van der Waals surface area contributed by atoms with Crippen LogP contribution in [0.1, 0.15) is 6.42 Å². The largest absolute Gasteiger partial charge is 0.350 e. The molecule has 1 N–H and O–H groups in total. The van der Waals surface area contributed by atoms with Crippen molar-refractivity contribution in [2.45, 2.75) is 6.42 Å². The molecular weight excluding hydrogens is 244 g/mol. The molecule has 0 bridgehead atoms. The number of carbonyl (C=O) groups excluding carboxylic acids is 1. The van der Waals surface area contributed by atoms with Crippen LogP contribution in [0.15, 0.2) is 33.7 Å². The number of aliphatic imine (C=N–C) groups is 1. The first-order valence-corrected chi connectivity index (χ1v) is 5.12. The van der Waals surface area contributed by atoms with Gasteiger partial charge in [0.1, 0.15) is 0 Å². The smallest absolute Gasteiger partial charge is 0.226 e. The molecule has 0 aliphatic carbocycles. The molecule has 1 aromatic rings. The third-order valence-corrected chi connectivity index (χ3v) is 2.50. The highest BCUT2D eigenvalue weighted by Gasteiger charge is 2.15. The molecule has 2 rings (SSSR count). The van der Waals surface area contributed by atoms with Crippen LogP contribution in [-0.4, -0.2) is 18.2 Å². The monoisotopic (exact) mass is 252 g/mol. The highest BCUT2D eigenvalue weighted by Crippen LogP contribution is 2.17. The van der Waals surface area contributed by atoms with E-state index in [1.165, 1.54) is 0 Å². The zero-order chi connectivity index (χ0) is 9.97. The standard InChI is InChI=1S/C10H9BrN2O/c11-7-1-3-8(4-2-7)13-9-5-10(14)12-6-9/h1-4H,5-6H2,(H,12,14). The van der Waals surface area contributed by atoms with Gasteiger partial charge in [-0.15, -0.1) is 0 Å². The third kappa shape index (κ3) is 2.20. The van der Waals surface area contributed by atoms with Gasteiger partial charge in [-0.25, -0.2) is 0 Å². The Morgan fingerprint density at radius 3 is 2.57 bits per heavy atom. The summed E-state index contributed by atoms with van der Waals surface area (Å²) in [7, 11) is 0. The maximum Gasteiger partial charge on any atom is 0.226 e. The summed E-state index contributed by atoms with van der Waals surface area (Å²) in [5.41, 5.74) is 1.79. The summed E-state index contributed by atoms with van der Waals surface area (Å²) in [5.74, 6) is 0.0564. The van der Waals surface area contributed by atoms with Crippen molar-refractivity contribution < 1.29 is 4.79 Å². The minimum absolute atomic E-state index is 0.0564. The molecular formula is C10H9BrN2O. The molecule has 0 unspecified atom stereocenters. The highest BCUT2D eigenvalue weighted by molar-refractivity contribution is 9.10. The van der Waals surface area contributed by atoms with E-state index in [1.807, 2.05) is 24.3 Å². The molecule has 14 heavy (non-hydrogen) atoms. The summed E-state index contributed by atoms with van der Waals surface area (Å²) in [6.07, 6.45) is 0.427. The molecule has 0 atom stereocenters. The van der Waals surface area contributed by atoms with Crippen LogP contribution >= 0.6 is 15.9 Å². The van der Waals surface area contributed by atoms with Gasteiger partial charge in [-0.05, 0) is 24.3 Å². The number of nitrogens with zero attached hydrogens (tertiary/aromatic N) is 1. The molecule has 1 fully saturated rings. The normalized spacial score (nSPS) is 18.6. The molecule has 72 valence electrons. The molecule has 1 aromatic carbocycles. The van der Waals surface area contributed by atoms with Crippen molar-refractivity contribution in [1.82, 2.24) is 5.32 Å². The Balaban J connectivity index is 2.17. The predicted molar refractivity (Wildman–Crippen MR) is 58.9 cm³/mol. The van der Waals surface area contributed by atoms with Gasteiger partial charge in [0.15, 0.2) is 0 Å². The molecule has 1 heterocycles. The van der Waals surface area contributed by atoms with Gasteiger partial charge in [-0.2, -0.15) is 0 Å². The fraction of sp³-hybridized carbons (Fsp3) is 0.200. The van der Waals surface area contributed by atoms with Crippen molar-refractivity contribution in [2.24, 2.45) is 4.99 Å². The number of rotatable bonds is 1. The summed E-state index contributed by atoms with van der Waals surface area (Å²) in [6, 6.07) is 7.70. The van der Waals surface area contributed by atoms with E-state index >= 15 is 0 Å². The topological polar surface area (TPSA) is 41.5 Å².